The maximum absolute atomic E-state index is 10.8. The fourth-order valence-electron chi connectivity index (χ4n) is 1.27. The van der Waals surface area contributed by atoms with Gasteiger partial charge in [0.25, 0.3) is 0 Å². The molecule has 2 aromatic rings. The zero-order valence-electron chi connectivity index (χ0n) is 10.0. The Labute approximate surface area is 123 Å². The highest BCUT2D eigenvalue weighted by Crippen LogP contribution is 2.29. The van der Waals surface area contributed by atoms with Crippen molar-refractivity contribution in [1.82, 2.24) is 15.0 Å². The van der Waals surface area contributed by atoms with Crippen LogP contribution in [0.4, 0.5) is 0 Å². The summed E-state index contributed by atoms with van der Waals surface area (Å²) in [4.78, 5) is 22.0. The molecular weight excluding hydrogens is 309 g/mol. The Morgan fingerprint density at radius 2 is 1.90 bits per heavy atom. The summed E-state index contributed by atoms with van der Waals surface area (Å²) >= 11 is 11.6. The topological polar surface area (TPSA) is 94.4 Å². The second-order valence-corrected chi connectivity index (χ2v) is 4.17. The van der Waals surface area contributed by atoms with Crippen molar-refractivity contribution in [3.63, 3.8) is 0 Å². The molecule has 0 bridgehead atoms. The Morgan fingerprint density at radius 3 is 2.50 bits per heavy atom. The van der Waals surface area contributed by atoms with Gasteiger partial charge in [0.05, 0.1) is 17.7 Å². The first kappa shape index (κ1) is 14.3. The van der Waals surface area contributed by atoms with Crippen molar-refractivity contribution >= 4 is 29.2 Å². The van der Waals surface area contributed by atoms with Gasteiger partial charge in [-0.05, 0) is 29.8 Å². The van der Waals surface area contributed by atoms with E-state index in [1.54, 1.807) is 0 Å². The third kappa shape index (κ3) is 3.25. The van der Waals surface area contributed by atoms with Crippen LogP contribution in [0.15, 0.2) is 18.2 Å². The highest BCUT2D eigenvalue weighted by Gasteiger charge is 2.12. The van der Waals surface area contributed by atoms with E-state index in [9.17, 15) is 4.79 Å². The second kappa shape index (κ2) is 5.89. The number of aromatic carboxylic acids is 1. The van der Waals surface area contributed by atoms with Gasteiger partial charge in [-0.1, -0.05) is 11.6 Å². The summed E-state index contributed by atoms with van der Waals surface area (Å²) in [5, 5.41) is 8.82. The molecule has 0 fully saturated rings. The van der Waals surface area contributed by atoms with Crippen LogP contribution in [-0.4, -0.2) is 33.1 Å². The van der Waals surface area contributed by atoms with Gasteiger partial charge in [-0.2, -0.15) is 9.97 Å². The molecule has 0 unspecified atom stereocenters. The average molecular weight is 316 g/mol. The van der Waals surface area contributed by atoms with Crippen LogP contribution in [0.5, 0.6) is 17.8 Å². The second-order valence-electron chi connectivity index (χ2n) is 3.43. The number of ether oxygens (including phenoxy) is 2. The Bertz CT molecular complexity index is 666. The molecule has 1 aromatic heterocycles. The van der Waals surface area contributed by atoms with E-state index in [0.29, 0.717) is 0 Å². The molecule has 20 heavy (non-hydrogen) atoms. The molecule has 7 nitrogen and oxygen atoms in total. The summed E-state index contributed by atoms with van der Waals surface area (Å²) in [6.45, 7) is 0. The highest BCUT2D eigenvalue weighted by molar-refractivity contribution is 6.32. The van der Waals surface area contributed by atoms with Gasteiger partial charge < -0.3 is 14.6 Å². The fraction of sp³-hybridized carbons (Fsp3) is 0.0909. The monoisotopic (exact) mass is 315 g/mol. The van der Waals surface area contributed by atoms with E-state index in [-0.39, 0.29) is 33.6 Å². The van der Waals surface area contributed by atoms with E-state index in [0.717, 1.165) is 0 Å². The van der Waals surface area contributed by atoms with Crippen LogP contribution in [0, 0.1) is 0 Å². The zero-order valence-corrected chi connectivity index (χ0v) is 11.5. The van der Waals surface area contributed by atoms with Crippen molar-refractivity contribution in [3.05, 3.63) is 34.1 Å². The lowest BCUT2D eigenvalue weighted by atomic mass is 10.2. The molecule has 0 saturated carbocycles. The van der Waals surface area contributed by atoms with Crippen LogP contribution >= 0.6 is 23.2 Å². The number of carboxylic acids is 1. The minimum atomic E-state index is -1.09. The van der Waals surface area contributed by atoms with Gasteiger partial charge in [-0.15, -0.1) is 4.98 Å². The van der Waals surface area contributed by atoms with Crippen molar-refractivity contribution < 1.29 is 19.4 Å². The average Bonchev–Trinajstić information content (AvgIpc) is 2.40. The number of carbonyl (C=O) groups is 1. The third-order valence-electron chi connectivity index (χ3n) is 2.13. The summed E-state index contributed by atoms with van der Waals surface area (Å²) in [5.74, 6) is -0.913. The minimum Gasteiger partial charge on any atom is -0.478 e. The number of carboxylic acid groups (broad SMARTS) is 1. The van der Waals surface area contributed by atoms with Gasteiger partial charge in [0.1, 0.15) is 5.75 Å². The van der Waals surface area contributed by atoms with Gasteiger partial charge in [-0.3, -0.25) is 0 Å². The van der Waals surface area contributed by atoms with Gasteiger partial charge in [0, 0.05) is 0 Å². The van der Waals surface area contributed by atoms with Gasteiger partial charge in [-0.25, -0.2) is 4.79 Å². The quantitative estimate of drug-likeness (QED) is 0.926. The molecule has 0 aliphatic carbocycles. The molecule has 0 aliphatic rings. The van der Waals surface area contributed by atoms with Crippen molar-refractivity contribution in [2.45, 2.75) is 0 Å². The van der Waals surface area contributed by atoms with Crippen molar-refractivity contribution in [1.29, 1.82) is 0 Å². The lowest BCUT2D eigenvalue weighted by Crippen LogP contribution is -2.00. The molecule has 9 heteroatoms. The Kier molecular flexibility index (Phi) is 4.21. The Morgan fingerprint density at radius 1 is 1.20 bits per heavy atom. The van der Waals surface area contributed by atoms with Crippen LogP contribution in [0.3, 0.4) is 0 Å². The number of nitrogens with zero attached hydrogens (tertiary/aromatic N) is 3. The number of benzene rings is 1. The van der Waals surface area contributed by atoms with E-state index in [2.05, 4.69) is 15.0 Å². The predicted octanol–water partition coefficient (Wildman–Crippen LogP) is 2.68. The van der Waals surface area contributed by atoms with E-state index < -0.39 is 5.97 Å². The van der Waals surface area contributed by atoms with Crippen molar-refractivity contribution in [3.8, 4) is 17.8 Å². The zero-order chi connectivity index (χ0) is 14.7. The van der Waals surface area contributed by atoms with Crippen molar-refractivity contribution in [2.24, 2.45) is 0 Å². The van der Waals surface area contributed by atoms with Crippen LogP contribution in [0.1, 0.15) is 10.4 Å². The SMILES string of the molecule is COc1nc(Cl)nc(Oc2ccc(C(=O)O)cc2Cl)n1. The Balaban J connectivity index is 2.30. The minimum absolute atomic E-state index is 0.0155. The maximum Gasteiger partial charge on any atom is 0.335 e. The van der Waals surface area contributed by atoms with Crippen LogP contribution in [-0.2, 0) is 0 Å². The van der Waals surface area contributed by atoms with Gasteiger partial charge in [0.15, 0.2) is 0 Å². The molecule has 0 spiro atoms. The Hall–Kier alpha value is -2.12. The first-order chi connectivity index (χ1) is 9.49. The van der Waals surface area contributed by atoms with Gasteiger partial charge in [0.2, 0.25) is 5.28 Å². The highest BCUT2D eigenvalue weighted by atomic mass is 35.5. The molecule has 0 atom stereocenters. The molecule has 2 rings (SSSR count). The normalized spacial score (nSPS) is 10.2. The van der Waals surface area contributed by atoms with Crippen molar-refractivity contribution in [2.75, 3.05) is 7.11 Å². The summed E-state index contributed by atoms with van der Waals surface area (Å²) < 4.78 is 10.1. The molecule has 0 amide bonds. The van der Waals surface area contributed by atoms with E-state index in [4.69, 9.17) is 37.8 Å². The smallest absolute Gasteiger partial charge is 0.335 e. The fourth-order valence-corrected chi connectivity index (χ4v) is 1.63. The standard InChI is InChI=1S/C11H7Cl2N3O4/c1-19-10-14-9(13)15-11(16-10)20-7-3-2-5(8(17)18)4-6(7)12/h2-4H,1H3,(H,17,18). The van der Waals surface area contributed by atoms with Crippen LogP contribution in [0.2, 0.25) is 10.3 Å². The summed E-state index contributed by atoms with van der Waals surface area (Å²) in [5.41, 5.74) is 0.0357. The largest absolute Gasteiger partial charge is 0.478 e. The summed E-state index contributed by atoms with van der Waals surface area (Å²) in [7, 11) is 1.37. The lowest BCUT2D eigenvalue weighted by Gasteiger charge is -2.07. The first-order valence-corrected chi connectivity index (χ1v) is 5.91. The molecule has 1 N–H and O–H groups in total. The molecule has 104 valence electrons. The van der Waals surface area contributed by atoms with Gasteiger partial charge >= 0.3 is 18.0 Å². The van der Waals surface area contributed by atoms with E-state index in [1.165, 1.54) is 25.3 Å². The number of hydrogen-bond donors (Lipinski definition) is 1. The summed E-state index contributed by atoms with van der Waals surface area (Å²) in [6, 6.07) is 3.84. The molecule has 1 heterocycles. The molecule has 1 aromatic carbocycles. The van der Waals surface area contributed by atoms with E-state index >= 15 is 0 Å². The third-order valence-corrected chi connectivity index (χ3v) is 2.59. The number of aromatic nitrogens is 3. The van der Waals surface area contributed by atoms with Crippen LogP contribution < -0.4 is 9.47 Å². The first-order valence-electron chi connectivity index (χ1n) is 5.16. The molecule has 0 saturated heterocycles. The number of hydrogen-bond acceptors (Lipinski definition) is 6. The predicted molar refractivity (Wildman–Crippen MR) is 69.9 cm³/mol. The van der Waals surface area contributed by atoms with E-state index in [1.807, 2.05) is 0 Å². The number of rotatable bonds is 4. The number of methoxy groups -OCH3 is 1. The summed E-state index contributed by atoms with van der Waals surface area (Å²) in [6.07, 6.45) is 0. The maximum atomic E-state index is 10.8. The molecule has 0 radical (unpaired) electrons. The molecule has 0 aliphatic heterocycles. The molecular formula is C11H7Cl2N3O4. The number of halogens is 2. The lowest BCUT2D eigenvalue weighted by molar-refractivity contribution is 0.0697. The van der Waals surface area contributed by atoms with Crippen LogP contribution in [0.25, 0.3) is 0 Å².